The fraction of sp³-hybridized carbons (Fsp3) is 0.400. The highest BCUT2D eigenvalue weighted by Crippen LogP contribution is 2.03. The Morgan fingerprint density at radius 2 is 2.19 bits per heavy atom. The summed E-state index contributed by atoms with van der Waals surface area (Å²) in [5, 5.41) is 17.5. The van der Waals surface area contributed by atoms with Crippen LogP contribution in [0.5, 0.6) is 0 Å². The van der Waals surface area contributed by atoms with Gasteiger partial charge in [0.1, 0.15) is 12.2 Å². The summed E-state index contributed by atoms with van der Waals surface area (Å²) in [6, 6.07) is 3.00. The average molecular weight is 226 g/mol. The first-order valence-electron chi connectivity index (χ1n) is 4.79. The van der Waals surface area contributed by atoms with Gasteiger partial charge in [-0.05, 0) is 12.1 Å². The van der Waals surface area contributed by atoms with E-state index in [0.717, 1.165) is 0 Å². The number of aromatic nitrogens is 1. The van der Waals surface area contributed by atoms with Crippen molar-refractivity contribution in [2.75, 3.05) is 20.2 Å². The molecule has 1 amide bonds. The topological polar surface area (TPSA) is 82.8 Å². The molecule has 0 fully saturated rings. The summed E-state index contributed by atoms with van der Waals surface area (Å²) in [6.45, 7) is 0.0906. The monoisotopic (exact) mass is 226 g/mol. The van der Waals surface area contributed by atoms with Crippen molar-refractivity contribution in [2.45, 2.75) is 6.54 Å². The van der Waals surface area contributed by atoms with Crippen molar-refractivity contribution in [3.05, 3.63) is 24.0 Å². The zero-order valence-corrected chi connectivity index (χ0v) is 8.96. The van der Waals surface area contributed by atoms with Crippen molar-refractivity contribution in [2.24, 2.45) is 0 Å². The minimum absolute atomic E-state index is 0.0366. The summed E-state index contributed by atoms with van der Waals surface area (Å²) in [6.07, 6.45) is 1.54. The summed E-state index contributed by atoms with van der Waals surface area (Å²) in [7, 11) is 1.56. The van der Waals surface area contributed by atoms with E-state index in [1.54, 1.807) is 13.1 Å². The Morgan fingerprint density at radius 3 is 2.75 bits per heavy atom. The van der Waals surface area contributed by atoms with Gasteiger partial charge in [0.15, 0.2) is 0 Å². The molecule has 0 aliphatic rings. The van der Waals surface area contributed by atoms with Crippen molar-refractivity contribution in [3.63, 3.8) is 0 Å². The smallest absolute Gasteiger partial charge is 0.352 e. The second-order valence-corrected chi connectivity index (χ2v) is 3.37. The number of aliphatic hydroxyl groups is 1. The van der Waals surface area contributed by atoms with Gasteiger partial charge < -0.3 is 19.7 Å². The van der Waals surface area contributed by atoms with E-state index in [2.05, 4.69) is 0 Å². The lowest BCUT2D eigenvalue weighted by Gasteiger charge is -2.16. The van der Waals surface area contributed by atoms with Gasteiger partial charge >= 0.3 is 5.97 Å². The van der Waals surface area contributed by atoms with Gasteiger partial charge in [0.05, 0.1) is 6.61 Å². The zero-order chi connectivity index (χ0) is 12.1. The van der Waals surface area contributed by atoms with E-state index in [-0.39, 0.29) is 31.3 Å². The number of carboxylic acids is 1. The van der Waals surface area contributed by atoms with Crippen molar-refractivity contribution in [3.8, 4) is 0 Å². The highest BCUT2D eigenvalue weighted by molar-refractivity contribution is 5.86. The predicted octanol–water partition coefficient (Wildman–Crippen LogP) is -0.363. The summed E-state index contributed by atoms with van der Waals surface area (Å²) < 4.78 is 1.36. The fourth-order valence-electron chi connectivity index (χ4n) is 1.29. The average Bonchev–Trinajstić information content (AvgIpc) is 2.66. The summed E-state index contributed by atoms with van der Waals surface area (Å²) in [5.74, 6) is -1.31. The number of carbonyl (C=O) groups is 2. The van der Waals surface area contributed by atoms with Gasteiger partial charge in [-0.2, -0.15) is 0 Å². The number of carbonyl (C=O) groups excluding carboxylic acids is 1. The van der Waals surface area contributed by atoms with E-state index < -0.39 is 5.97 Å². The molecule has 88 valence electrons. The first-order chi connectivity index (χ1) is 7.56. The molecule has 0 bridgehead atoms. The predicted molar refractivity (Wildman–Crippen MR) is 56.1 cm³/mol. The third kappa shape index (κ3) is 2.83. The molecule has 2 N–H and O–H groups in total. The molecular formula is C10H14N2O4. The van der Waals surface area contributed by atoms with Crippen LogP contribution in [0.2, 0.25) is 0 Å². The molecule has 0 atom stereocenters. The number of aromatic carboxylic acids is 1. The maximum absolute atomic E-state index is 11.6. The highest BCUT2D eigenvalue weighted by Gasteiger charge is 2.13. The number of aliphatic hydroxyl groups excluding tert-OH is 1. The molecule has 0 aliphatic heterocycles. The van der Waals surface area contributed by atoms with Gasteiger partial charge in [-0.25, -0.2) is 4.79 Å². The normalized spacial score (nSPS) is 10.1. The number of likely N-dealkylation sites (N-methyl/N-ethyl adjacent to an activating group) is 1. The zero-order valence-electron chi connectivity index (χ0n) is 8.96. The van der Waals surface area contributed by atoms with Gasteiger partial charge in [0.2, 0.25) is 5.91 Å². The van der Waals surface area contributed by atoms with Crippen LogP contribution in [0, 0.1) is 0 Å². The molecule has 0 aromatic carbocycles. The molecule has 1 heterocycles. The Balaban J connectivity index is 2.69. The molecule has 0 aliphatic carbocycles. The van der Waals surface area contributed by atoms with E-state index in [4.69, 9.17) is 10.2 Å². The largest absolute Gasteiger partial charge is 0.477 e. The van der Waals surface area contributed by atoms with E-state index in [1.807, 2.05) is 0 Å². The standard InChI is InChI=1S/C10H14N2O4/c1-11(5-6-13)9(14)7-12-4-2-3-8(12)10(15)16/h2-4,13H,5-7H2,1H3,(H,15,16). The number of hydrogen-bond donors (Lipinski definition) is 2. The lowest BCUT2D eigenvalue weighted by atomic mass is 10.4. The van der Waals surface area contributed by atoms with Crippen molar-refractivity contribution in [1.29, 1.82) is 0 Å². The molecule has 1 aromatic heterocycles. The maximum Gasteiger partial charge on any atom is 0.352 e. The molecule has 16 heavy (non-hydrogen) atoms. The number of rotatable bonds is 5. The van der Waals surface area contributed by atoms with Gasteiger partial charge in [0.25, 0.3) is 0 Å². The van der Waals surface area contributed by atoms with E-state index >= 15 is 0 Å². The first-order valence-corrected chi connectivity index (χ1v) is 4.79. The maximum atomic E-state index is 11.6. The number of hydrogen-bond acceptors (Lipinski definition) is 3. The molecule has 0 radical (unpaired) electrons. The third-order valence-electron chi connectivity index (χ3n) is 2.22. The van der Waals surface area contributed by atoms with E-state index in [1.165, 1.54) is 21.7 Å². The molecule has 6 heteroatoms. The molecule has 0 spiro atoms. The molecule has 0 unspecified atom stereocenters. The van der Waals surface area contributed by atoms with Crippen molar-refractivity contribution < 1.29 is 19.8 Å². The second kappa shape index (κ2) is 5.32. The minimum Gasteiger partial charge on any atom is -0.477 e. The van der Waals surface area contributed by atoms with Gasteiger partial charge in [-0.1, -0.05) is 0 Å². The summed E-state index contributed by atoms with van der Waals surface area (Å²) in [5.41, 5.74) is 0.0748. The lowest BCUT2D eigenvalue weighted by molar-refractivity contribution is -0.130. The van der Waals surface area contributed by atoms with Crippen LogP contribution in [-0.4, -0.2) is 51.8 Å². The van der Waals surface area contributed by atoms with Gasteiger partial charge in [-0.3, -0.25) is 4.79 Å². The Morgan fingerprint density at radius 1 is 1.50 bits per heavy atom. The van der Waals surface area contributed by atoms with Crippen LogP contribution in [0.25, 0.3) is 0 Å². The Bertz CT molecular complexity index is 386. The number of carboxylic acid groups (broad SMARTS) is 1. The molecule has 6 nitrogen and oxygen atoms in total. The summed E-state index contributed by atoms with van der Waals surface area (Å²) >= 11 is 0. The van der Waals surface area contributed by atoms with E-state index in [9.17, 15) is 9.59 Å². The van der Waals surface area contributed by atoms with E-state index in [0.29, 0.717) is 0 Å². The first kappa shape index (κ1) is 12.3. The Labute approximate surface area is 92.7 Å². The van der Waals surface area contributed by atoms with Crippen molar-refractivity contribution >= 4 is 11.9 Å². The second-order valence-electron chi connectivity index (χ2n) is 3.37. The third-order valence-corrected chi connectivity index (χ3v) is 2.22. The Kier molecular flexibility index (Phi) is 4.07. The van der Waals surface area contributed by atoms with Crippen LogP contribution in [0.1, 0.15) is 10.5 Å². The van der Waals surface area contributed by atoms with Crippen LogP contribution in [0.15, 0.2) is 18.3 Å². The molecule has 1 aromatic rings. The quantitative estimate of drug-likeness (QED) is 0.718. The molecular weight excluding hydrogens is 212 g/mol. The van der Waals surface area contributed by atoms with Gasteiger partial charge in [0, 0.05) is 19.8 Å². The molecule has 0 saturated heterocycles. The summed E-state index contributed by atoms with van der Waals surface area (Å²) in [4.78, 5) is 23.7. The van der Waals surface area contributed by atoms with Crippen LogP contribution in [-0.2, 0) is 11.3 Å². The SMILES string of the molecule is CN(CCO)C(=O)Cn1cccc1C(=O)O. The number of nitrogens with zero attached hydrogens (tertiary/aromatic N) is 2. The van der Waals surface area contributed by atoms with Crippen LogP contribution in [0.3, 0.4) is 0 Å². The highest BCUT2D eigenvalue weighted by atomic mass is 16.4. The van der Waals surface area contributed by atoms with Crippen molar-refractivity contribution in [1.82, 2.24) is 9.47 Å². The van der Waals surface area contributed by atoms with Crippen LogP contribution < -0.4 is 0 Å². The van der Waals surface area contributed by atoms with Crippen LogP contribution in [0.4, 0.5) is 0 Å². The van der Waals surface area contributed by atoms with Crippen LogP contribution >= 0.6 is 0 Å². The lowest BCUT2D eigenvalue weighted by Crippen LogP contribution is -2.32. The van der Waals surface area contributed by atoms with Gasteiger partial charge in [-0.15, -0.1) is 0 Å². The minimum atomic E-state index is -1.07. The molecule has 1 rings (SSSR count). The Hall–Kier alpha value is -1.82. The molecule has 0 saturated carbocycles. The number of amides is 1. The fourth-order valence-corrected chi connectivity index (χ4v) is 1.29.